The Kier molecular flexibility index (Phi) is 5.95. The van der Waals surface area contributed by atoms with Gasteiger partial charge in [-0.05, 0) is 31.1 Å². The lowest BCUT2D eigenvalue weighted by Gasteiger charge is -2.05. The summed E-state index contributed by atoms with van der Waals surface area (Å²) in [5.41, 5.74) is 2.40. The number of rotatable bonds is 6. The lowest BCUT2D eigenvalue weighted by Crippen LogP contribution is -2.19. The second kappa shape index (κ2) is 8.37. The molecule has 1 amide bonds. The molecule has 2 aromatic heterocycles. The van der Waals surface area contributed by atoms with Crippen molar-refractivity contribution in [3.05, 3.63) is 62.4 Å². The highest BCUT2D eigenvalue weighted by molar-refractivity contribution is 7.71. The van der Waals surface area contributed by atoms with Gasteiger partial charge in [0.1, 0.15) is 12.4 Å². The lowest BCUT2D eigenvalue weighted by molar-refractivity contribution is -0.118. The van der Waals surface area contributed by atoms with E-state index in [2.05, 4.69) is 53.3 Å². The second-order valence-corrected chi connectivity index (χ2v) is 7.35. The van der Waals surface area contributed by atoms with Gasteiger partial charge in [0, 0.05) is 24.5 Å². The van der Waals surface area contributed by atoms with Gasteiger partial charge in [-0.3, -0.25) is 14.5 Å². The van der Waals surface area contributed by atoms with Gasteiger partial charge in [-0.25, -0.2) is 0 Å². The number of benzene rings is 1. The van der Waals surface area contributed by atoms with Crippen LogP contribution in [0.1, 0.15) is 30.3 Å². The molecule has 0 aliphatic heterocycles. The van der Waals surface area contributed by atoms with Gasteiger partial charge < -0.3 is 4.57 Å². The number of hydrogen-bond donors (Lipinski definition) is 1. The first-order valence-corrected chi connectivity index (χ1v) is 9.76. The van der Waals surface area contributed by atoms with Crippen molar-refractivity contribution >= 4 is 29.5 Å². The maximum Gasteiger partial charge on any atom is 0.268 e. The van der Waals surface area contributed by atoms with Gasteiger partial charge in [-0.2, -0.15) is 10.1 Å². The van der Waals surface area contributed by atoms with E-state index < -0.39 is 0 Å². The number of carbonyl (C=O) groups is 1. The fraction of sp³-hybridized carbons (Fsp3) is 0.333. The van der Waals surface area contributed by atoms with Crippen LogP contribution in [-0.2, 0) is 24.3 Å². The first-order chi connectivity index (χ1) is 12.6. The molecule has 8 heteroatoms. The summed E-state index contributed by atoms with van der Waals surface area (Å²) in [5.74, 6) is 0.555. The van der Waals surface area contributed by atoms with E-state index >= 15 is 0 Å². The van der Waals surface area contributed by atoms with Crippen molar-refractivity contribution in [1.82, 2.24) is 19.3 Å². The van der Waals surface area contributed by atoms with Gasteiger partial charge in [0.2, 0.25) is 0 Å². The summed E-state index contributed by atoms with van der Waals surface area (Å²) in [6, 6.07) is 8.35. The van der Waals surface area contributed by atoms with E-state index in [1.807, 2.05) is 16.1 Å². The predicted molar refractivity (Wildman–Crippen MR) is 105 cm³/mol. The normalized spacial score (nSPS) is 11.8. The molecule has 0 saturated carbocycles. The molecule has 1 N–H and O–H groups in total. The molecule has 1 aromatic carbocycles. The van der Waals surface area contributed by atoms with E-state index in [9.17, 15) is 4.79 Å². The van der Waals surface area contributed by atoms with E-state index in [-0.39, 0.29) is 12.5 Å². The summed E-state index contributed by atoms with van der Waals surface area (Å²) in [6.45, 7) is 4.91. The Morgan fingerprint density at radius 1 is 1.35 bits per heavy atom. The van der Waals surface area contributed by atoms with Gasteiger partial charge in [0.15, 0.2) is 9.57 Å². The van der Waals surface area contributed by atoms with Crippen molar-refractivity contribution in [2.24, 2.45) is 4.99 Å². The first kappa shape index (κ1) is 18.5. The zero-order valence-corrected chi connectivity index (χ0v) is 16.4. The van der Waals surface area contributed by atoms with Gasteiger partial charge >= 0.3 is 0 Å². The smallest absolute Gasteiger partial charge is 0.268 e. The molecule has 0 atom stereocenters. The molecule has 2 heterocycles. The number of nitrogens with one attached hydrogen (secondary N) is 1. The Morgan fingerprint density at radius 2 is 2.12 bits per heavy atom. The van der Waals surface area contributed by atoms with Crippen molar-refractivity contribution < 1.29 is 4.79 Å². The van der Waals surface area contributed by atoms with Crippen LogP contribution in [0.15, 0.2) is 40.8 Å². The van der Waals surface area contributed by atoms with Crippen LogP contribution in [0.25, 0.3) is 0 Å². The highest BCUT2D eigenvalue weighted by Gasteiger charge is 2.10. The van der Waals surface area contributed by atoms with E-state index in [0.29, 0.717) is 16.1 Å². The molecule has 3 aromatic rings. The average molecular weight is 388 g/mol. The van der Waals surface area contributed by atoms with Crippen LogP contribution in [0, 0.1) is 11.7 Å². The molecular weight excluding hydrogens is 366 g/mol. The Labute approximate surface area is 160 Å². The molecule has 26 heavy (non-hydrogen) atoms. The molecule has 0 fully saturated rings. The van der Waals surface area contributed by atoms with Gasteiger partial charge in [-0.15, -0.1) is 11.3 Å². The number of carbonyl (C=O) groups excluding carboxylic acids is 1. The van der Waals surface area contributed by atoms with E-state index in [1.165, 1.54) is 22.5 Å². The zero-order valence-electron chi connectivity index (χ0n) is 14.8. The number of amides is 1. The van der Waals surface area contributed by atoms with Crippen LogP contribution >= 0.6 is 23.6 Å². The summed E-state index contributed by atoms with van der Waals surface area (Å²) < 4.78 is 4.16. The van der Waals surface area contributed by atoms with Gasteiger partial charge in [0.05, 0.1) is 0 Å². The van der Waals surface area contributed by atoms with Crippen LogP contribution in [0.5, 0.6) is 0 Å². The van der Waals surface area contributed by atoms with E-state index in [4.69, 9.17) is 12.2 Å². The molecule has 0 bridgehead atoms. The second-order valence-electron chi connectivity index (χ2n) is 6.09. The Balaban J connectivity index is 1.79. The third-order valence-corrected chi connectivity index (χ3v) is 5.06. The van der Waals surface area contributed by atoms with Gasteiger partial charge in [0.25, 0.3) is 5.91 Å². The van der Waals surface area contributed by atoms with Crippen LogP contribution in [0.3, 0.4) is 0 Å². The van der Waals surface area contributed by atoms with Gasteiger partial charge in [-0.1, -0.05) is 36.8 Å². The van der Waals surface area contributed by atoms with Crippen molar-refractivity contribution in [2.75, 3.05) is 0 Å². The van der Waals surface area contributed by atoms with E-state index in [1.54, 1.807) is 4.57 Å². The summed E-state index contributed by atoms with van der Waals surface area (Å²) in [7, 11) is 0. The molecule has 6 nitrogen and oxygen atoms in total. The number of nitrogens with zero attached hydrogens (tertiary/aromatic N) is 4. The standard InChI is InChI=1S/C18H21N5OS2/c1-3-4-15-20-21-17(25)23(15)12-16(24)19-18-22(9-10-26-18)11-14-7-5-13(2)6-8-14/h5-10H,3-4,11-12H2,1-2H3,(H,21,25). The molecule has 0 spiro atoms. The van der Waals surface area contributed by atoms with E-state index in [0.717, 1.165) is 18.7 Å². The largest absolute Gasteiger partial charge is 0.319 e. The summed E-state index contributed by atoms with van der Waals surface area (Å²) >= 11 is 6.67. The van der Waals surface area contributed by atoms with Crippen molar-refractivity contribution in [2.45, 2.75) is 39.8 Å². The van der Waals surface area contributed by atoms with Crippen LogP contribution < -0.4 is 4.80 Å². The number of thiazole rings is 1. The number of aromatic nitrogens is 4. The summed E-state index contributed by atoms with van der Waals surface area (Å²) in [5, 5.41) is 8.88. The first-order valence-electron chi connectivity index (χ1n) is 8.48. The summed E-state index contributed by atoms with van der Waals surface area (Å²) in [4.78, 5) is 17.4. The third kappa shape index (κ3) is 4.44. The summed E-state index contributed by atoms with van der Waals surface area (Å²) in [6.07, 6.45) is 3.65. The average Bonchev–Trinajstić information content (AvgIpc) is 3.18. The minimum absolute atomic E-state index is 0.104. The van der Waals surface area contributed by atoms with Crippen LogP contribution in [-0.4, -0.2) is 25.2 Å². The molecule has 0 radical (unpaired) electrons. The highest BCUT2D eigenvalue weighted by Crippen LogP contribution is 2.06. The number of H-pyrrole nitrogens is 1. The highest BCUT2D eigenvalue weighted by atomic mass is 32.1. The molecule has 0 aliphatic rings. The molecule has 0 aliphatic carbocycles. The van der Waals surface area contributed by atoms with Crippen LogP contribution in [0.4, 0.5) is 0 Å². The fourth-order valence-electron chi connectivity index (χ4n) is 2.60. The molecule has 3 rings (SSSR count). The predicted octanol–water partition coefficient (Wildman–Crippen LogP) is 3.24. The lowest BCUT2D eigenvalue weighted by atomic mass is 10.1. The monoisotopic (exact) mass is 387 g/mol. The Morgan fingerprint density at radius 3 is 2.85 bits per heavy atom. The van der Waals surface area contributed by atoms with Crippen molar-refractivity contribution in [3.63, 3.8) is 0 Å². The quantitative estimate of drug-likeness (QED) is 0.660. The zero-order chi connectivity index (χ0) is 18.5. The molecule has 136 valence electrons. The number of aryl methyl sites for hydroxylation is 2. The van der Waals surface area contributed by atoms with Crippen molar-refractivity contribution in [1.29, 1.82) is 0 Å². The molecule has 0 saturated heterocycles. The SMILES string of the molecule is CCCc1n[nH]c(=S)n1CC(=O)N=c1sccn1Cc1ccc(C)cc1. The maximum absolute atomic E-state index is 12.5. The van der Waals surface area contributed by atoms with Crippen LogP contribution in [0.2, 0.25) is 0 Å². The number of aromatic amines is 1. The Hall–Kier alpha value is -2.32. The molecule has 0 unspecified atom stereocenters. The minimum atomic E-state index is -0.236. The third-order valence-electron chi connectivity index (χ3n) is 3.96. The topological polar surface area (TPSA) is 68.0 Å². The van der Waals surface area contributed by atoms with Crippen molar-refractivity contribution in [3.8, 4) is 0 Å². The minimum Gasteiger partial charge on any atom is -0.319 e. The fourth-order valence-corrected chi connectivity index (χ4v) is 3.56. The maximum atomic E-state index is 12.5. The number of hydrogen-bond acceptors (Lipinski definition) is 4. The molecular formula is C18H21N5OS2. The Bertz CT molecular complexity index is 1010.